The van der Waals surface area contributed by atoms with Crippen molar-refractivity contribution in [2.45, 2.75) is 32.2 Å². The van der Waals surface area contributed by atoms with Gasteiger partial charge in [-0.2, -0.15) is 13.2 Å². The van der Waals surface area contributed by atoms with E-state index in [2.05, 4.69) is 10.3 Å². The molecule has 1 heterocycles. The third-order valence-electron chi connectivity index (χ3n) is 3.40. The lowest BCUT2D eigenvalue weighted by Crippen LogP contribution is -2.37. The number of ether oxygens (including phenoxy) is 1. The van der Waals surface area contributed by atoms with Crippen LogP contribution in [-0.2, 0) is 17.5 Å². The van der Waals surface area contributed by atoms with Gasteiger partial charge in [0.15, 0.2) is 6.10 Å². The van der Waals surface area contributed by atoms with Crippen molar-refractivity contribution in [2.75, 3.05) is 0 Å². The number of alkyl halides is 3. The van der Waals surface area contributed by atoms with Crippen molar-refractivity contribution in [2.24, 2.45) is 0 Å². The molecule has 0 saturated heterocycles. The highest BCUT2D eigenvalue weighted by Crippen LogP contribution is 2.36. The fraction of sp³-hybridized carbons (Fsp3) is 0.294. The summed E-state index contributed by atoms with van der Waals surface area (Å²) in [5.41, 5.74) is -0.150. The van der Waals surface area contributed by atoms with Gasteiger partial charge in [0.2, 0.25) is 0 Å². The maximum absolute atomic E-state index is 12.9. The van der Waals surface area contributed by atoms with Gasteiger partial charge in [-0.05, 0) is 42.3 Å². The van der Waals surface area contributed by atoms with Gasteiger partial charge in [-0.3, -0.25) is 9.78 Å². The van der Waals surface area contributed by atoms with Gasteiger partial charge in [0.25, 0.3) is 5.91 Å². The van der Waals surface area contributed by atoms with Crippen LogP contribution in [0.4, 0.5) is 13.2 Å². The first-order valence-electron chi connectivity index (χ1n) is 7.51. The van der Waals surface area contributed by atoms with Gasteiger partial charge in [-0.15, -0.1) is 0 Å². The summed E-state index contributed by atoms with van der Waals surface area (Å²) in [4.78, 5) is 16.1. The van der Waals surface area contributed by atoms with Gasteiger partial charge in [0.05, 0.1) is 10.6 Å². The fourth-order valence-corrected chi connectivity index (χ4v) is 2.31. The third kappa shape index (κ3) is 5.35. The van der Waals surface area contributed by atoms with Crippen LogP contribution in [0.5, 0.6) is 5.75 Å². The van der Waals surface area contributed by atoms with Crippen molar-refractivity contribution in [3.05, 3.63) is 58.9 Å². The number of carbonyl (C=O) groups is 1. The van der Waals surface area contributed by atoms with Crippen molar-refractivity contribution in [1.29, 1.82) is 0 Å². The Morgan fingerprint density at radius 3 is 2.56 bits per heavy atom. The summed E-state index contributed by atoms with van der Waals surface area (Å²) in [6.45, 7) is 1.98. The van der Waals surface area contributed by atoms with E-state index in [4.69, 9.17) is 16.3 Å². The van der Waals surface area contributed by atoms with Crippen LogP contribution in [0.2, 0.25) is 5.02 Å². The standard InChI is InChI=1S/C17H16ClF3N2O2/c1-2-15(16(24)23-10-11-5-7-22-8-6-11)25-12-3-4-14(18)13(9-12)17(19,20)21/h3-9,15H,2,10H2,1H3,(H,23,24). The predicted molar refractivity (Wildman–Crippen MR) is 87.2 cm³/mol. The topological polar surface area (TPSA) is 51.2 Å². The van der Waals surface area contributed by atoms with Gasteiger partial charge in [0, 0.05) is 18.9 Å². The average molecular weight is 373 g/mol. The zero-order chi connectivity index (χ0) is 18.4. The first-order valence-corrected chi connectivity index (χ1v) is 7.89. The van der Waals surface area contributed by atoms with E-state index >= 15 is 0 Å². The molecule has 134 valence electrons. The van der Waals surface area contributed by atoms with E-state index in [9.17, 15) is 18.0 Å². The second-order valence-electron chi connectivity index (χ2n) is 5.23. The number of rotatable bonds is 6. The number of carbonyl (C=O) groups excluding carboxylic acids is 1. The number of pyridine rings is 1. The second kappa shape index (κ2) is 8.20. The zero-order valence-corrected chi connectivity index (χ0v) is 14.1. The molecule has 0 aliphatic carbocycles. The van der Waals surface area contributed by atoms with Gasteiger partial charge in [0.1, 0.15) is 5.75 Å². The molecule has 1 unspecified atom stereocenters. The van der Waals surface area contributed by atoms with Crippen LogP contribution in [-0.4, -0.2) is 17.0 Å². The van der Waals surface area contributed by atoms with Crippen molar-refractivity contribution in [3.8, 4) is 5.75 Å². The highest BCUT2D eigenvalue weighted by atomic mass is 35.5. The molecule has 1 atom stereocenters. The minimum absolute atomic E-state index is 0.0670. The lowest BCUT2D eigenvalue weighted by molar-refractivity contribution is -0.137. The van der Waals surface area contributed by atoms with E-state index in [-0.39, 0.29) is 12.3 Å². The summed E-state index contributed by atoms with van der Waals surface area (Å²) in [6, 6.07) is 6.69. The first kappa shape index (κ1) is 19.1. The maximum Gasteiger partial charge on any atom is 0.417 e. The lowest BCUT2D eigenvalue weighted by atomic mass is 10.2. The summed E-state index contributed by atoms with van der Waals surface area (Å²) in [6.07, 6.45) is -2.01. The van der Waals surface area contributed by atoms with Crippen molar-refractivity contribution < 1.29 is 22.7 Å². The molecule has 4 nitrogen and oxygen atoms in total. The third-order valence-corrected chi connectivity index (χ3v) is 3.73. The molecule has 0 spiro atoms. The number of hydrogen-bond donors (Lipinski definition) is 1. The highest BCUT2D eigenvalue weighted by molar-refractivity contribution is 6.31. The van der Waals surface area contributed by atoms with Crippen LogP contribution in [0.15, 0.2) is 42.7 Å². The molecule has 0 fully saturated rings. The molecule has 2 aromatic rings. The molecular formula is C17H16ClF3N2O2. The SMILES string of the molecule is CCC(Oc1ccc(Cl)c(C(F)(F)F)c1)C(=O)NCc1ccncc1. The summed E-state index contributed by atoms with van der Waals surface area (Å²) in [5.74, 6) is -0.481. The lowest BCUT2D eigenvalue weighted by Gasteiger charge is -2.18. The van der Waals surface area contributed by atoms with Crippen LogP contribution in [0, 0.1) is 0 Å². The Hall–Kier alpha value is -2.28. The largest absolute Gasteiger partial charge is 0.481 e. The molecule has 0 aliphatic rings. The smallest absolute Gasteiger partial charge is 0.417 e. The molecular weight excluding hydrogens is 357 g/mol. The monoisotopic (exact) mass is 372 g/mol. The van der Waals surface area contributed by atoms with E-state index in [1.54, 1.807) is 31.5 Å². The Bertz CT molecular complexity index is 724. The van der Waals surface area contributed by atoms with E-state index in [0.29, 0.717) is 6.42 Å². The molecule has 1 aromatic carbocycles. The van der Waals surface area contributed by atoms with E-state index in [1.807, 2.05) is 0 Å². The fourth-order valence-electron chi connectivity index (χ4n) is 2.09. The molecule has 0 radical (unpaired) electrons. The second-order valence-corrected chi connectivity index (χ2v) is 5.63. The van der Waals surface area contributed by atoms with Gasteiger partial charge < -0.3 is 10.1 Å². The van der Waals surface area contributed by atoms with Crippen LogP contribution < -0.4 is 10.1 Å². The number of hydrogen-bond acceptors (Lipinski definition) is 3. The highest BCUT2D eigenvalue weighted by Gasteiger charge is 2.34. The molecule has 0 aliphatic heterocycles. The first-order chi connectivity index (χ1) is 11.8. The minimum atomic E-state index is -4.60. The molecule has 1 N–H and O–H groups in total. The number of halogens is 4. The Morgan fingerprint density at radius 1 is 1.28 bits per heavy atom. The number of nitrogens with zero attached hydrogens (tertiary/aromatic N) is 1. The zero-order valence-electron chi connectivity index (χ0n) is 13.3. The van der Waals surface area contributed by atoms with Crippen LogP contribution in [0.1, 0.15) is 24.5 Å². The normalized spacial score (nSPS) is 12.5. The Kier molecular flexibility index (Phi) is 6.25. The number of aromatic nitrogens is 1. The van der Waals surface area contributed by atoms with Gasteiger partial charge in [-0.25, -0.2) is 0 Å². The minimum Gasteiger partial charge on any atom is -0.481 e. The molecule has 1 aromatic heterocycles. The van der Waals surface area contributed by atoms with Crippen LogP contribution >= 0.6 is 11.6 Å². The van der Waals surface area contributed by atoms with Crippen molar-refractivity contribution in [1.82, 2.24) is 10.3 Å². The van der Waals surface area contributed by atoms with E-state index in [0.717, 1.165) is 17.7 Å². The van der Waals surface area contributed by atoms with Gasteiger partial charge >= 0.3 is 6.18 Å². The molecule has 1 amide bonds. The Morgan fingerprint density at radius 2 is 1.96 bits per heavy atom. The molecule has 25 heavy (non-hydrogen) atoms. The average Bonchev–Trinajstić information content (AvgIpc) is 2.58. The summed E-state index contributed by atoms with van der Waals surface area (Å²) >= 11 is 5.57. The van der Waals surface area contributed by atoms with Crippen molar-refractivity contribution in [3.63, 3.8) is 0 Å². The quantitative estimate of drug-likeness (QED) is 0.825. The summed E-state index contributed by atoms with van der Waals surface area (Å²) in [7, 11) is 0. The van der Waals surface area contributed by atoms with Gasteiger partial charge in [-0.1, -0.05) is 18.5 Å². The maximum atomic E-state index is 12.9. The Labute approximate surface area is 148 Å². The van der Waals surface area contributed by atoms with Crippen molar-refractivity contribution >= 4 is 17.5 Å². The molecule has 8 heteroatoms. The Balaban J connectivity index is 2.05. The van der Waals surface area contributed by atoms with E-state index < -0.39 is 28.8 Å². The number of benzene rings is 1. The summed E-state index contributed by atoms with van der Waals surface area (Å²) in [5, 5.41) is 2.27. The van der Waals surface area contributed by atoms with Crippen LogP contribution in [0.3, 0.4) is 0 Å². The predicted octanol–water partition coefficient (Wildman–Crippen LogP) is 4.23. The molecule has 0 bridgehead atoms. The van der Waals surface area contributed by atoms with E-state index in [1.165, 1.54) is 6.07 Å². The summed E-state index contributed by atoms with van der Waals surface area (Å²) < 4.78 is 44.1. The van der Waals surface area contributed by atoms with Crippen LogP contribution in [0.25, 0.3) is 0 Å². The number of amides is 1. The molecule has 2 rings (SSSR count). The number of nitrogens with one attached hydrogen (secondary N) is 1. The molecule has 0 saturated carbocycles.